The second-order valence-electron chi connectivity index (χ2n) is 11.1. The van der Waals surface area contributed by atoms with E-state index >= 15 is 0 Å². The molecule has 0 saturated carbocycles. The first-order valence-electron chi connectivity index (χ1n) is 15.1. The van der Waals surface area contributed by atoms with Crippen molar-refractivity contribution in [1.29, 1.82) is 0 Å². The van der Waals surface area contributed by atoms with Crippen LogP contribution >= 0.6 is 34.7 Å². The summed E-state index contributed by atoms with van der Waals surface area (Å²) in [4.78, 5) is 33.7. The molecule has 0 bridgehead atoms. The van der Waals surface area contributed by atoms with Crippen LogP contribution < -0.4 is 14.4 Å². The molecule has 10 nitrogen and oxygen atoms in total. The molecule has 1 atom stereocenters. The van der Waals surface area contributed by atoms with Crippen LogP contribution in [0.5, 0.6) is 11.5 Å². The number of hydrogen-bond donors (Lipinski definition) is 1. The van der Waals surface area contributed by atoms with Crippen molar-refractivity contribution in [3.63, 3.8) is 0 Å². The summed E-state index contributed by atoms with van der Waals surface area (Å²) < 4.78 is 14.1. The Labute approximate surface area is 294 Å². The number of imidazole rings is 1. The van der Waals surface area contributed by atoms with Crippen LogP contribution in [0.1, 0.15) is 34.1 Å². The number of anilines is 1. The fourth-order valence-electron chi connectivity index (χ4n) is 5.66. The molecule has 7 rings (SSSR count). The summed E-state index contributed by atoms with van der Waals surface area (Å²) in [6, 6.07) is 26.8. The fourth-order valence-corrected chi connectivity index (χ4v) is 7.61. The van der Waals surface area contributed by atoms with Crippen LogP contribution in [0.2, 0.25) is 5.02 Å². The third-order valence-electron chi connectivity index (χ3n) is 7.99. The van der Waals surface area contributed by atoms with Crippen LogP contribution in [0.25, 0.3) is 11.4 Å². The summed E-state index contributed by atoms with van der Waals surface area (Å²) in [7, 11) is 1.52. The van der Waals surface area contributed by atoms with Gasteiger partial charge in [-0.15, -0.1) is 10.2 Å². The molecule has 49 heavy (non-hydrogen) atoms. The lowest BCUT2D eigenvalue weighted by Crippen LogP contribution is -2.29. The summed E-state index contributed by atoms with van der Waals surface area (Å²) in [6.45, 7) is 2.05. The average molecular weight is 710 g/mol. The Morgan fingerprint density at radius 2 is 1.73 bits per heavy atom. The van der Waals surface area contributed by atoms with E-state index in [1.165, 1.54) is 35.1 Å². The number of amides is 1. The molecule has 1 N–H and O–H groups in total. The zero-order chi connectivity index (χ0) is 34.1. The van der Waals surface area contributed by atoms with Crippen molar-refractivity contribution in [2.75, 3.05) is 12.0 Å². The SMILES string of the molecule is COc1cc(C2/C(=C(\O)c3c(C)nc4ccccn34)C(=O)C(=O)N2c2nnc(SCc3ccc(Cl)cc3)s2)ccc1OCc1ccccc1. The number of ether oxygens (including phenoxy) is 2. The van der Waals surface area contributed by atoms with Crippen LogP contribution in [0.4, 0.5) is 5.13 Å². The normalized spacial score (nSPS) is 15.7. The lowest BCUT2D eigenvalue weighted by molar-refractivity contribution is -0.132. The number of halogens is 1. The standard InChI is InChI=1S/C36H28ClN5O5S2/c1-21-30(41-17-7-6-10-28(41)38-21)32(43)29-31(24-13-16-26(27(18-24)46-2)47-19-22-8-4-3-5-9-22)42(34(45)33(29)44)35-39-40-36(49-35)48-20-23-11-14-25(37)15-12-23/h3-18,31,43H,19-20H2,1-2H3/b32-29+. The third-order valence-corrected chi connectivity index (χ3v) is 10.4. The minimum atomic E-state index is -1.06. The number of rotatable bonds is 10. The first-order chi connectivity index (χ1) is 23.8. The van der Waals surface area contributed by atoms with Gasteiger partial charge >= 0.3 is 5.91 Å². The van der Waals surface area contributed by atoms with Crippen LogP contribution in [-0.4, -0.2) is 43.5 Å². The van der Waals surface area contributed by atoms with Gasteiger partial charge in [-0.25, -0.2) is 4.98 Å². The quantitative estimate of drug-likeness (QED) is 0.0503. The Hall–Kier alpha value is -5.17. The molecule has 1 unspecified atom stereocenters. The summed E-state index contributed by atoms with van der Waals surface area (Å²) in [5.41, 5.74) is 3.80. The van der Waals surface area contributed by atoms with Crippen molar-refractivity contribution < 1.29 is 24.2 Å². The molecule has 3 aromatic carbocycles. The zero-order valence-electron chi connectivity index (χ0n) is 26.2. The van der Waals surface area contributed by atoms with Crippen LogP contribution in [0.3, 0.4) is 0 Å². The fraction of sp³-hybridized carbons (Fsp3) is 0.139. The number of hydrogen-bond acceptors (Lipinski definition) is 10. The number of carbonyl (C=O) groups is 2. The maximum Gasteiger partial charge on any atom is 0.301 e. The molecule has 0 aliphatic carbocycles. The number of aliphatic hydroxyl groups is 1. The number of ketones is 1. The topological polar surface area (TPSA) is 119 Å². The number of fused-ring (bicyclic) bond motifs is 1. The molecule has 0 spiro atoms. The van der Waals surface area contributed by atoms with Gasteiger partial charge in [0.2, 0.25) is 5.13 Å². The number of benzene rings is 3. The predicted octanol–water partition coefficient (Wildman–Crippen LogP) is 7.65. The molecular weight excluding hydrogens is 682 g/mol. The molecule has 1 aliphatic heterocycles. The molecule has 4 heterocycles. The second-order valence-corrected chi connectivity index (χ2v) is 13.7. The van der Waals surface area contributed by atoms with Gasteiger partial charge in [-0.2, -0.15) is 0 Å². The number of nitrogens with zero attached hydrogens (tertiary/aromatic N) is 5. The molecule has 246 valence electrons. The summed E-state index contributed by atoms with van der Waals surface area (Å²) in [6.07, 6.45) is 1.74. The summed E-state index contributed by atoms with van der Waals surface area (Å²) in [5, 5.41) is 21.4. The Morgan fingerprint density at radius 1 is 0.959 bits per heavy atom. The molecule has 1 amide bonds. The molecule has 3 aromatic heterocycles. The third kappa shape index (κ3) is 6.38. The van der Waals surface area contributed by atoms with E-state index in [1.807, 2.05) is 60.7 Å². The van der Waals surface area contributed by atoms with Gasteiger partial charge < -0.3 is 14.6 Å². The van der Waals surface area contributed by atoms with Crippen molar-refractivity contribution >= 4 is 62.9 Å². The molecule has 1 fully saturated rings. The van der Waals surface area contributed by atoms with Gasteiger partial charge in [0.15, 0.2) is 21.6 Å². The maximum absolute atomic E-state index is 13.9. The Bertz CT molecular complexity index is 2220. The van der Waals surface area contributed by atoms with Gasteiger partial charge in [0.25, 0.3) is 5.78 Å². The van der Waals surface area contributed by atoms with Gasteiger partial charge in [0, 0.05) is 17.0 Å². The minimum absolute atomic E-state index is 0.107. The Morgan fingerprint density at radius 3 is 2.51 bits per heavy atom. The summed E-state index contributed by atoms with van der Waals surface area (Å²) >= 11 is 8.66. The van der Waals surface area contributed by atoms with E-state index in [0.29, 0.717) is 55.8 Å². The lowest BCUT2D eigenvalue weighted by Gasteiger charge is -2.23. The van der Waals surface area contributed by atoms with Crippen LogP contribution in [0, 0.1) is 6.92 Å². The number of aryl methyl sites for hydroxylation is 1. The molecular formula is C36H28ClN5O5S2. The minimum Gasteiger partial charge on any atom is -0.505 e. The molecule has 1 saturated heterocycles. The highest BCUT2D eigenvalue weighted by Gasteiger charge is 2.49. The van der Waals surface area contributed by atoms with E-state index < -0.39 is 17.7 Å². The number of Topliss-reactive ketones (excluding diaryl/α,β-unsaturated/α-hetero) is 1. The van der Waals surface area contributed by atoms with Crippen molar-refractivity contribution in [1.82, 2.24) is 19.6 Å². The lowest BCUT2D eigenvalue weighted by atomic mass is 9.96. The first-order valence-corrected chi connectivity index (χ1v) is 17.3. The van der Waals surface area contributed by atoms with Crippen molar-refractivity contribution in [3.8, 4) is 11.5 Å². The van der Waals surface area contributed by atoms with E-state index in [2.05, 4.69) is 15.2 Å². The van der Waals surface area contributed by atoms with Gasteiger partial charge in [-0.3, -0.25) is 18.9 Å². The number of carbonyl (C=O) groups excluding carboxylic acids is 2. The monoisotopic (exact) mass is 709 g/mol. The van der Waals surface area contributed by atoms with Crippen molar-refractivity contribution in [2.24, 2.45) is 0 Å². The predicted molar refractivity (Wildman–Crippen MR) is 189 cm³/mol. The maximum atomic E-state index is 13.9. The van der Waals surface area contributed by atoms with Gasteiger partial charge in [-0.05, 0) is 60.0 Å². The van der Waals surface area contributed by atoms with E-state index in [9.17, 15) is 14.7 Å². The Balaban J connectivity index is 1.30. The van der Waals surface area contributed by atoms with E-state index in [-0.39, 0.29) is 16.5 Å². The molecule has 6 aromatic rings. The number of pyridine rings is 1. The van der Waals surface area contributed by atoms with Crippen LogP contribution in [0.15, 0.2) is 107 Å². The smallest absolute Gasteiger partial charge is 0.301 e. The van der Waals surface area contributed by atoms with Gasteiger partial charge in [0.05, 0.1) is 24.4 Å². The highest BCUT2D eigenvalue weighted by Crippen LogP contribution is 2.46. The zero-order valence-corrected chi connectivity index (χ0v) is 28.6. The number of methoxy groups -OCH3 is 1. The van der Waals surface area contributed by atoms with Gasteiger partial charge in [-0.1, -0.05) is 89.3 Å². The number of aliphatic hydroxyl groups excluding tert-OH is 1. The van der Waals surface area contributed by atoms with E-state index in [0.717, 1.165) is 11.1 Å². The highest BCUT2D eigenvalue weighted by atomic mass is 35.5. The summed E-state index contributed by atoms with van der Waals surface area (Å²) in [5.74, 6) is -0.591. The average Bonchev–Trinajstić information content (AvgIpc) is 3.80. The Kier molecular flexibility index (Phi) is 9.09. The molecule has 0 radical (unpaired) electrons. The van der Waals surface area contributed by atoms with Crippen molar-refractivity contribution in [2.45, 2.75) is 29.7 Å². The first kappa shape index (κ1) is 32.4. The molecule has 13 heteroatoms. The largest absolute Gasteiger partial charge is 0.505 e. The van der Waals surface area contributed by atoms with Gasteiger partial charge in [0.1, 0.15) is 17.9 Å². The molecule has 1 aliphatic rings. The van der Waals surface area contributed by atoms with E-state index in [1.54, 1.807) is 47.9 Å². The van der Waals surface area contributed by atoms with Crippen molar-refractivity contribution in [3.05, 3.63) is 136 Å². The highest BCUT2D eigenvalue weighted by molar-refractivity contribution is 8.00. The number of thioether (sulfide) groups is 1. The second kappa shape index (κ2) is 13.7. The van der Waals surface area contributed by atoms with Crippen LogP contribution in [-0.2, 0) is 21.9 Å². The van der Waals surface area contributed by atoms with E-state index in [4.69, 9.17) is 21.1 Å². The number of aromatic nitrogens is 4.